The van der Waals surface area contributed by atoms with E-state index in [-0.39, 0.29) is 0 Å². The molecule has 2 aromatic carbocycles. The second-order valence-corrected chi connectivity index (χ2v) is 9.50. The number of nitrogens with zero attached hydrogens (tertiary/aromatic N) is 2. The van der Waals surface area contributed by atoms with Crippen molar-refractivity contribution in [2.45, 2.75) is 9.79 Å². The molecule has 0 saturated carbocycles. The Hall–Kier alpha value is -2.00. The molecule has 8 heteroatoms. The first-order chi connectivity index (χ1) is 13.2. The minimum atomic E-state index is -3.67. The average Bonchev–Trinajstić information content (AvgIpc) is 2.77. The fourth-order valence-corrected chi connectivity index (χ4v) is 4.22. The van der Waals surface area contributed by atoms with Gasteiger partial charge in [-0.05, 0) is 43.0 Å². The highest BCUT2D eigenvalue weighted by Crippen LogP contribution is 2.42. The number of benzene rings is 2. The number of likely N-dealkylation sites (N-methyl/N-ethyl adjacent to an activating group) is 1. The molecule has 1 saturated heterocycles. The molecule has 2 aliphatic rings. The maximum atomic E-state index is 9.19. The molecule has 4 rings (SSSR count). The fraction of sp³-hybridized carbons (Fsp3) is 0.300. The summed E-state index contributed by atoms with van der Waals surface area (Å²) in [4.78, 5) is 7.48. The van der Waals surface area contributed by atoms with Gasteiger partial charge in [-0.2, -0.15) is 8.42 Å². The monoisotopic (exact) mass is 419 g/mol. The van der Waals surface area contributed by atoms with Crippen LogP contribution in [0.15, 0.2) is 52.3 Å². The molecular weight excluding hydrogens is 394 g/mol. The van der Waals surface area contributed by atoms with E-state index in [1.165, 1.54) is 26.6 Å². The Morgan fingerprint density at radius 1 is 1.04 bits per heavy atom. The van der Waals surface area contributed by atoms with Crippen molar-refractivity contribution >= 4 is 39.3 Å². The lowest BCUT2D eigenvalue weighted by Crippen LogP contribution is -2.43. The van der Waals surface area contributed by atoms with Crippen LogP contribution in [0.3, 0.4) is 0 Å². The Morgan fingerprint density at radius 2 is 1.68 bits per heavy atom. The smallest absolute Gasteiger partial charge is 0.261 e. The van der Waals surface area contributed by atoms with Gasteiger partial charge in [-0.3, -0.25) is 4.55 Å². The molecule has 0 unspecified atom stereocenters. The molecule has 150 valence electrons. The van der Waals surface area contributed by atoms with Gasteiger partial charge in [0, 0.05) is 52.9 Å². The Kier molecular flexibility index (Phi) is 6.34. The number of nitrogen functional groups attached to an aromatic ring is 1. The molecular formula is C20H25N3O3S2. The van der Waals surface area contributed by atoms with Crippen molar-refractivity contribution in [1.82, 2.24) is 9.80 Å². The molecule has 6 nitrogen and oxygen atoms in total. The number of hydrogen-bond donors (Lipinski definition) is 2. The average molecular weight is 420 g/mol. The summed E-state index contributed by atoms with van der Waals surface area (Å²) < 4.78 is 25.9. The van der Waals surface area contributed by atoms with E-state index in [2.05, 4.69) is 59.3 Å². The number of fused-ring (bicyclic) bond motifs is 2. The summed E-state index contributed by atoms with van der Waals surface area (Å²) in [6.45, 7) is 4.32. The van der Waals surface area contributed by atoms with Gasteiger partial charge in [0.15, 0.2) is 0 Å². The molecule has 0 aromatic heterocycles. The van der Waals surface area contributed by atoms with Gasteiger partial charge in [0.1, 0.15) is 0 Å². The first-order valence-corrected chi connectivity index (χ1v) is 11.6. The van der Waals surface area contributed by atoms with Gasteiger partial charge in [-0.15, -0.1) is 0 Å². The van der Waals surface area contributed by atoms with Crippen LogP contribution in [0.5, 0.6) is 0 Å². The highest BCUT2D eigenvalue weighted by Gasteiger charge is 2.23. The topological polar surface area (TPSA) is 86.9 Å². The molecule has 0 spiro atoms. The van der Waals surface area contributed by atoms with Gasteiger partial charge < -0.3 is 15.5 Å². The number of piperazine rings is 1. The number of nitrogens with two attached hydrogens (primary N) is 1. The maximum Gasteiger partial charge on any atom is 0.261 e. The minimum Gasteiger partial charge on any atom is -0.399 e. The number of rotatable bonds is 1. The fourth-order valence-electron chi connectivity index (χ4n) is 3.18. The van der Waals surface area contributed by atoms with E-state index in [1.54, 1.807) is 0 Å². The summed E-state index contributed by atoms with van der Waals surface area (Å²) in [5, 5.41) is 0. The van der Waals surface area contributed by atoms with E-state index in [9.17, 15) is 8.42 Å². The Bertz CT molecular complexity index is 974. The van der Waals surface area contributed by atoms with E-state index in [0.29, 0.717) is 6.26 Å². The highest BCUT2D eigenvalue weighted by molar-refractivity contribution is 7.99. The number of hydrogen-bond acceptors (Lipinski definition) is 6. The van der Waals surface area contributed by atoms with Crippen LogP contribution in [0.4, 0.5) is 5.69 Å². The lowest BCUT2D eigenvalue weighted by atomic mass is 10.1. The standard InChI is InChI=1S/C19H21N3S.CH4O3S/c1-21-8-10-22(11-9-21)17-12-14-4-2-3-5-18(14)23-19-7-6-15(20)13-16(17)19;1-5(2,3)4/h2-7,12-13H,8-11,20H2,1H3;1H3,(H,2,3,4). The molecule has 28 heavy (non-hydrogen) atoms. The quantitative estimate of drug-likeness (QED) is 0.543. The molecule has 0 bridgehead atoms. The van der Waals surface area contributed by atoms with E-state index in [4.69, 9.17) is 10.3 Å². The van der Waals surface area contributed by atoms with E-state index in [1.807, 2.05) is 17.8 Å². The summed E-state index contributed by atoms with van der Waals surface area (Å²) in [6.07, 6.45) is 3.05. The summed E-state index contributed by atoms with van der Waals surface area (Å²) in [7, 11) is -1.48. The van der Waals surface area contributed by atoms with Crippen LogP contribution in [0.2, 0.25) is 0 Å². The van der Waals surface area contributed by atoms with E-state index < -0.39 is 10.1 Å². The van der Waals surface area contributed by atoms with Gasteiger partial charge in [0.05, 0.1) is 6.26 Å². The molecule has 2 heterocycles. The zero-order chi connectivity index (χ0) is 20.3. The second-order valence-electron chi connectivity index (χ2n) is 6.95. The molecule has 0 amide bonds. The molecule has 0 atom stereocenters. The summed E-state index contributed by atoms with van der Waals surface area (Å²) in [5.74, 6) is 0. The molecule has 1 fully saturated rings. The second kappa shape index (κ2) is 8.57. The molecule has 0 aliphatic carbocycles. The third kappa shape index (κ3) is 5.51. The predicted molar refractivity (Wildman–Crippen MR) is 116 cm³/mol. The largest absolute Gasteiger partial charge is 0.399 e. The van der Waals surface area contributed by atoms with Gasteiger partial charge in [-0.25, -0.2) is 0 Å². The van der Waals surface area contributed by atoms with Crippen LogP contribution in [-0.4, -0.2) is 62.3 Å². The lowest BCUT2D eigenvalue weighted by molar-refractivity contribution is 0.207. The molecule has 2 aliphatic heterocycles. The van der Waals surface area contributed by atoms with Crippen molar-refractivity contribution < 1.29 is 13.0 Å². The van der Waals surface area contributed by atoms with Crippen molar-refractivity contribution in [3.05, 3.63) is 53.6 Å². The minimum absolute atomic E-state index is 0.715. The van der Waals surface area contributed by atoms with Crippen LogP contribution < -0.4 is 5.73 Å². The maximum absolute atomic E-state index is 9.19. The van der Waals surface area contributed by atoms with Crippen LogP contribution in [0, 0.1) is 0 Å². The first kappa shape index (κ1) is 20.7. The first-order valence-electron chi connectivity index (χ1n) is 8.95. The Labute approximate surface area is 170 Å². The van der Waals surface area contributed by atoms with E-state index in [0.717, 1.165) is 31.9 Å². The van der Waals surface area contributed by atoms with Crippen molar-refractivity contribution in [3.8, 4) is 0 Å². The zero-order valence-corrected chi connectivity index (χ0v) is 17.6. The van der Waals surface area contributed by atoms with Gasteiger partial charge in [0.2, 0.25) is 0 Å². The van der Waals surface area contributed by atoms with Gasteiger partial charge in [0.25, 0.3) is 10.1 Å². The number of anilines is 1. The van der Waals surface area contributed by atoms with E-state index >= 15 is 0 Å². The van der Waals surface area contributed by atoms with Crippen LogP contribution in [0.25, 0.3) is 11.8 Å². The van der Waals surface area contributed by atoms with Crippen LogP contribution in [-0.2, 0) is 10.1 Å². The van der Waals surface area contributed by atoms with Gasteiger partial charge >= 0.3 is 0 Å². The summed E-state index contributed by atoms with van der Waals surface area (Å²) >= 11 is 1.84. The summed E-state index contributed by atoms with van der Waals surface area (Å²) in [6, 6.07) is 14.9. The normalized spacial score (nSPS) is 16.8. The van der Waals surface area contributed by atoms with Crippen molar-refractivity contribution in [3.63, 3.8) is 0 Å². The lowest BCUT2D eigenvalue weighted by Gasteiger charge is -2.36. The Morgan fingerprint density at radius 3 is 2.36 bits per heavy atom. The highest BCUT2D eigenvalue weighted by atomic mass is 32.2. The van der Waals surface area contributed by atoms with Crippen molar-refractivity contribution in [1.29, 1.82) is 0 Å². The van der Waals surface area contributed by atoms with Crippen LogP contribution in [0.1, 0.15) is 11.1 Å². The zero-order valence-electron chi connectivity index (χ0n) is 16.0. The molecule has 0 radical (unpaired) electrons. The van der Waals surface area contributed by atoms with Gasteiger partial charge in [-0.1, -0.05) is 30.0 Å². The summed E-state index contributed by atoms with van der Waals surface area (Å²) in [5.41, 5.74) is 10.8. The third-order valence-corrected chi connectivity index (χ3v) is 5.72. The van der Waals surface area contributed by atoms with Crippen molar-refractivity contribution in [2.75, 3.05) is 45.2 Å². The third-order valence-electron chi connectivity index (χ3n) is 4.55. The Balaban J connectivity index is 0.000000403. The molecule has 2 aromatic rings. The van der Waals surface area contributed by atoms with Crippen molar-refractivity contribution in [2.24, 2.45) is 0 Å². The van der Waals surface area contributed by atoms with Crippen LogP contribution >= 0.6 is 11.8 Å². The SMILES string of the molecule is CN1CCN(C2=Cc3ccccc3Sc3ccc(N)cc32)CC1.CS(=O)(=O)O. The predicted octanol–water partition coefficient (Wildman–Crippen LogP) is 2.98. The molecule has 3 N–H and O–H groups in total.